The molecule has 0 unspecified atom stereocenters. The Bertz CT molecular complexity index is 292. The number of hydrogen-bond donors (Lipinski definition) is 1. The van der Waals surface area contributed by atoms with Crippen LogP contribution in [0.3, 0.4) is 0 Å². The van der Waals surface area contributed by atoms with Crippen LogP contribution in [0, 0.1) is 12.3 Å². The number of nitrogens with one attached hydrogen (secondary N) is 1. The maximum Gasteiger partial charge on any atom is 0.0968 e. The van der Waals surface area contributed by atoms with E-state index in [9.17, 15) is 0 Å². The van der Waals surface area contributed by atoms with Crippen LogP contribution >= 0.6 is 0 Å². The molecule has 0 radical (unpaired) electrons. The number of amidine groups is 1. The van der Waals surface area contributed by atoms with E-state index in [0.717, 1.165) is 5.69 Å². The molecule has 64 valence electrons. The SMILES string of the molecule is CC(=N)N(C)c1ccccc1C. The van der Waals surface area contributed by atoms with E-state index in [4.69, 9.17) is 5.41 Å². The molecule has 1 aromatic rings. The summed E-state index contributed by atoms with van der Waals surface area (Å²) in [6, 6.07) is 8.07. The fourth-order valence-corrected chi connectivity index (χ4v) is 1.12. The lowest BCUT2D eigenvalue weighted by atomic mass is 10.2. The highest BCUT2D eigenvalue weighted by Gasteiger charge is 2.03. The Morgan fingerprint density at radius 3 is 2.42 bits per heavy atom. The van der Waals surface area contributed by atoms with Gasteiger partial charge in [-0.1, -0.05) is 18.2 Å². The van der Waals surface area contributed by atoms with Crippen molar-refractivity contribution in [2.45, 2.75) is 13.8 Å². The van der Waals surface area contributed by atoms with Crippen molar-refractivity contribution in [3.63, 3.8) is 0 Å². The standard InChI is InChI=1S/C10H14N2/c1-8-6-4-5-7-10(8)12(3)9(2)11/h4-7,11H,1-3H3. The molecule has 0 heterocycles. The first-order valence-electron chi connectivity index (χ1n) is 3.97. The third-order valence-corrected chi connectivity index (χ3v) is 1.98. The number of aryl methyl sites for hydroxylation is 1. The van der Waals surface area contributed by atoms with Crippen molar-refractivity contribution in [1.29, 1.82) is 5.41 Å². The van der Waals surface area contributed by atoms with Gasteiger partial charge >= 0.3 is 0 Å². The summed E-state index contributed by atoms with van der Waals surface area (Å²) in [5.41, 5.74) is 2.30. The summed E-state index contributed by atoms with van der Waals surface area (Å²) in [5.74, 6) is 0.560. The molecule has 0 spiro atoms. The Hall–Kier alpha value is -1.31. The first-order valence-corrected chi connectivity index (χ1v) is 3.97. The largest absolute Gasteiger partial charge is 0.333 e. The van der Waals surface area contributed by atoms with Crippen LogP contribution in [0.4, 0.5) is 5.69 Å². The van der Waals surface area contributed by atoms with Crippen molar-refractivity contribution in [2.24, 2.45) is 0 Å². The summed E-state index contributed by atoms with van der Waals surface area (Å²) in [6.45, 7) is 3.83. The Morgan fingerprint density at radius 2 is 1.92 bits per heavy atom. The second-order valence-electron chi connectivity index (χ2n) is 2.93. The predicted molar refractivity (Wildman–Crippen MR) is 53.0 cm³/mol. The van der Waals surface area contributed by atoms with Gasteiger partial charge in [0, 0.05) is 12.7 Å². The van der Waals surface area contributed by atoms with E-state index in [2.05, 4.69) is 13.0 Å². The molecule has 0 aromatic heterocycles. The van der Waals surface area contributed by atoms with E-state index >= 15 is 0 Å². The van der Waals surface area contributed by atoms with Crippen LogP contribution in [0.5, 0.6) is 0 Å². The average Bonchev–Trinajstić information content (AvgIpc) is 2.04. The minimum Gasteiger partial charge on any atom is -0.333 e. The molecule has 0 amide bonds. The van der Waals surface area contributed by atoms with Crippen molar-refractivity contribution < 1.29 is 0 Å². The molecular weight excluding hydrogens is 148 g/mol. The van der Waals surface area contributed by atoms with E-state index in [1.54, 1.807) is 6.92 Å². The second kappa shape index (κ2) is 3.39. The molecule has 2 nitrogen and oxygen atoms in total. The molecule has 0 atom stereocenters. The van der Waals surface area contributed by atoms with E-state index in [-0.39, 0.29) is 0 Å². The predicted octanol–water partition coefficient (Wildman–Crippen LogP) is 2.43. The van der Waals surface area contributed by atoms with Gasteiger partial charge in [-0.3, -0.25) is 5.41 Å². The zero-order chi connectivity index (χ0) is 9.14. The zero-order valence-corrected chi connectivity index (χ0v) is 7.76. The molecule has 0 saturated carbocycles. The molecule has 0 fully saturated rings. The van der Waals surface area contributed by atoms with Crippen molar-refractivity contribution in [3.8, 4) is 0 Å². The van der Waals surface area contributed by atoms with Crippen molar-refractivity contribution >= 4 is 11.5 Å². The number of hydrogen-bond acceptors (Lipinski definition) is 1. The Morgan fingerprint density at radius 1 is 1.33 bits per heavy atom. The number of anilines is 1. The third-order valence-electron chi connectivity index (χ3n) is 1.98. The van der Waals surface area contributed by atoms with Gasteiger partial charge in [0.25, 0.3) is 0 Å². The van der Waals surface area contributed by atoms with Gasteiger partial charge in [-0.25, -0.2) is 0 Å². The fourth-order valence-electron chi connectivity index (χ4n) is 1.12. The summed E-state index contributed by atoms with van der Waals surface area (Å²) >= 11 is 0. The molecule has 0 saturated heterocycles. The lowest BCUT2D eigenvalue weighted by Crippen LogP contribution is -2.22. The highest BCUT2D eigenvalue weighted by Crippen LogP contribution is 2.17. The summed E-state index contributed by atoms with van der Waals surface area (Å²) in [4.78, 5) is 1.87. The highest BCUT2D eigenvalue weighted by atomic mass is 15.1. The minimum absolute atomic E-state index is 0.560. The first-order chi connectivity index (χ1) is 5.63. The van der Waals surface area contributed by atoms with Gasteiger partial charge in [-0.15, -0.1) is 0 Å². The lowest BCUT2D eigenvalue weighted by molar-refractivity contribution is 1.19. The van der Waals surface area contributed by atoms with E-state index in [1.807, 2.05) is 30.1 Å². The zero-order valence-electron chi connectivity index (χ0n) is 7.76. The maximum absolute atomic E-state index is 7.46. The van der Waals surface area contributed by atoms with Gasteiger partial charge in [-0.05, 0) is 25.5 Å². The molecule has 2 heteroatoms. The number of benzene rings is 1. The van der Waals surface area contributed by atoms with E-state index in [1.165, 1.54) is 5.56 Å². The van der Waals surface area contributed by atoms with E-state index in [0.29, 0.717) is 5.84 Å². The minimum atomic E-state index is 0.560. The molecule has 0 aliphatic heterocycles. The molecule has 12 heavy (non-hydrogen) atoms. The van der Waals surface area contributed by atoms with Crippen molar-refractivity contribution in [3.05, 3.63) is 29.8 Å². The summed E-state index contributed by atoms with van der Waals surface area (Å²) in [6.07, 6.45) is 0. The molecule has 1 aromatic carbocycles. The van der Waals surface area contributed by atoms with Crippen LogP contribution in [0.2, 0.25) is 0 Å². The molecular formula is C10H14N2. The Balaban J connectivity index is 3.02. The van der Waals surface area contributed by atoms with Gasteiger partial charge in [0.2, 0.25) is 0 Å². The van der Waals surface area contributed by atoms with Gasteiger partial charge in [-0.2, -0.15) is 0 Å². The quantitative estimate of drug-likeness (QED) is 0.498. The molecule has 1 N–H and O–H groups in total. The summed E-state index contributed by atoms with van der Waals surface area (Å²) in [7, 11) is 1.91. The van der Waals surface area contributed by atoms with Crippen LogP contribution in [0.1, 0.15) is 12.5 Å². The van der Waals surface area contributed by atoms with Crippen LogP contribution in [0.15, 0.2) is 24.3 Å². The van der Waals surface area contributed by atoms with Gasteiger partial charge < -0.3 is 4.90 Å². The highest BCUT2D eigenvalue weighted by molar-refractivity contribution is 5.93. The van der Waals surface area contributed by atoms with Crippen LogP contribution in [-0.2, 0) is 0 Å². The van der Waals surface area contributed by atoms with E-state index < -0.39 is 0 Å². The number of nitrogens with zero attached hydrogens (tertiary/aromatic N) is 1. The molecule has 0 bridgehead atoms. The lowest BCUT2D eigenvalue weighted by Gasteiger charge is -2.19. The topological polar surface area (TPSA) is 27.1 Å². The van der Waals surface area contributed by atoms with Gasteiger partial charge in [0.05, 0.1) is 5.84 Å². The van der Waals surface area contributed by atoms with Crippen LogP contribution in [0.25, 0.3) is 0 Å². The molecule has 0 aliphatic rings. The molecule has 0 aliphatic carbocycles. The smallest absolute Gasteiger partial charge is 0.0968 e. The van der Waals surface area contributed by atoms with Gasteiger partial charge in [0.15, 0.2) is 0 Å². The number of para-hydroxylation sites is 1. The molecule has 1 rings (SSSR count). The fraction of sp³-hybridized carbons (Fsp3) is 0.300. The Kier molecular flexibility index (Phi) is 2.48. The Labute approximate surface area is 73.3 Å². The second-order valence-corrected chi connectivity index (χ2v) is 2.93. The summed E-state index contributed by atoms with van der Waals surface area (Å²) in [5, 5.41) is 7.46. The van der Waals surface area contributed by atoms with Crippen LogP contribution in [-0.4, -0.2) is 12.9 Å². The van der Waals surface area contributed by atoms with Crippen molar-refractivity contribution in [2.75, 3.05) is 11.9 Å². The maximum atomic E-state index is 7.46. The first kappa shape index (κ1) is 8.78. The van der Waals surface area contributed by atoms with Gasteiger partial charge in [0.1, 0.15) is 0 Å². The van der Waals surface area contributed by atoms with Crippen molar-refractivity contribution in [1.82, 2.24) is 0 Å². The average molecular weight is 162 g/mol. The monoisotopic (exact) mass is 162 g/mol. The summed E-state index contributed by atoms with van der Waals surface area (Å²) < 4.78 is 0. The number of rotatable bonds is 1. The third kappa shape index (κ3) is 1.64. The van der Waals surface area contributed by atoms with Crippen LogP contribution < -0.4 is 4.90 Å². The normalized spacial score (nSPS) is 9.58.